The molecule has 162 valence electrons. The maximum Gasteiger partial charge on any atom is 0.303 e. The number of unbranched alkanes of at least 4 members (excludes halogenated alkanes) is 10. The normalized spacial score (nSPS) is 12.6. The van der Waals surface area contributed by atoms with Crippen LogP contribution in [0.15, 0.2) is 24.3 Å². The molecule has 1 amide bonds. The van der Waals surface area contributed by atoms with Crippen LogP contribution in [0.4, 0.5) is 0 Å². The van der Waals surface area contributed by atoms with Crippen molar-refractivity contribution in [2.24, 2.45) is 0 Å². The van der Waals surface area contributed by atoms with Crippen molar-refractivity contribution in [2.75, 3.05) is 6.54 Å². The highest BCUT2D eigenvalue weighted by atomic mass is 16.4. The van der Waals surface area contributed by atoms with Gasteiger partial charge in [0.1, 0.15) is 0 Å². The summed E-state index contributed by atoms with van der Waals surface area (Å²) in [6.45, 7) is 2.35. The molecule has 0 saturated carbocycles. The molecule has 0 aromatic rings. The standard InChI is InChI=1S/C23H41NO4/c1-21(25)17-13-11-9-7-5-3-2-4-6-8-10-12-14-18-22(26)24-20-16-15-19-23(27)28/h11,13-14,18,21,25H,2-10,12,15-17,19-20H2,1H3,(H,24,26)(H,27,28)/b13-11-,18-14-/t21-/m1/s1. The number of nitrogens with one attached hydrogen (secondary N) is 1. The second kappa shape index (κ2) is 20.1. The quantitative estimate of drug-likeness (QED) is 0.160. The molecule has 0 aromatic heterocycles. The molecule has 0 radical (unpaired) electrons. The number of carbonyl (C=O) groups excluding carboxylic acids is 1. The van der Waals surface area contributed by atoms with E-state index < -0.39 is 5.97 Å². The fourth-order valence-electron chi connectivity index (χ4n) is 2.86. The first kappa shape index (κ1) is 26.4. The predicted octanol–water partition coefficient (Wildman–Crippen LogP) is 5.14. The van der Waals surface area contributed by atoms with Gasteiger partial charge in [-0.1, -0.05) is 56.8 Å². The third kappa shape index (κ3) is 22.4. The molecule has 1 atom stereocenters. The van der Waals surface area contributed by atoms with E-state index in [2.05, 4.69) is 17.5 Å². The van der Waals surface area contributed by atoms with Crippen LogP contribution in [0.3, 0.4) is 0 Å². The van der Waals surface area contributed by atoms with E-state index in [9.17, 15) is 9.59 Å². The molecule has 0 fully saturated rings. The first-order valence-electron chi connectivity index (χ1n) is 11.0. The molecule has 5 heteroatoms. The minimum atomic E-state index is -0.788. The lowest BCUT2D eigenvalue weighted by Gasteiger charge is -2.02. The molecule has 0 rings (SSSR count). The second-order valence-electron chi connectivity index (χ2n) is 7.51. The van der Waals surface area contributed by atoms with E-state index in [0.29, 0.717) is 19.4 Å². The Hall–Kier alpha value is -1.62. The largest absolute Gasteiger partial charge is 0.481 e. The summed E-state index contributed by atoms with van der Waals surface area (Å²) in [5.74, 6) is -0.875. The highest BCUT2D eigenvalue weighted by molar-refractivity contribution is 5.87. The van der Waals surface area contributed by atoms with Crippen LogP contribution in [-0.4, -0.2) is 34.7 Å². The number of aliphatic hydroxyl groups is 1. The zero-order valence-electron chi connectivity index (χ0n) is 17.7. The fourth-order valence-corrected chi connectivity index (χ4v) is 2.86. The summed E-state index contributed by atoms with van der Waals surface area (Å²) in [7, 11) is 0. The summed E-state index contributed by atoms with van der Waals surface area (Å²) in [5, 5.41) is 20.4. The summed E-state index contributed by atoms with van der Waals surface area (Å²) in [4.78, 5) is 21.9. The monoisotopic (exact) mass is 395 g/mol. The van der Waals surface area contributed by atoms with E-state index in [1.165, 1.54) is 44.9 Å². The molecule has 3 N–H and O–H groups in total. The second-order valence-corrected chi connectivity index (χ2v) is 7.51. The molecule has 0 aliphatic carbocycles. The molecule has 0 bridgehead atoms. The Morgan fingerprint density at radius 2 is 1.39 bits per heavy atom. The topological polar surface area (TPSA) is 86.6 Å². The van der Waals surface area contributed by atoms with Gasteiger partial charge in [-0.25, -0.2) is 0 Å². The van der Waals surface area contributed by atoms with Crippen molar-refractivity contribution < 1.29 is 19.8 Å². The first-order valence-corrected chi connectivity index (χ1v) is 11.0. The Bertz CT molecular complexity index is 444. The van der Waals surface area contributed by atoms with Crippen LogP contribution < -0.4 is 5.32 Å². The maximum absolute atomic E-state index is 11.6. The van der Waals surface area contributed by atoms with Crippen LogP contribution in [0.5, 0.6) is 0 Å². The third-order valence-corrected chi connectivity index (χ3v) is 4.52. The number of rotatable bonds is 19. The van der Waals surface area contributed by atoms with Crippen molar-refractivity contribution in [3.8, 4) is 0 Å². The lowest BCUT2D eigenvalue weighted by molar-refractivity contribution is -0.137. The molecule has 28 heavy (non-hydrogen) atoms. The highest BCUT2D eigenvalue weighted by Crippen LogP contribution is 2.11. The van der Waals surface area contributed by atoms with E-state index in [4.69, 9.17) is 10.2 Å². The van der Waals surface area contributed by atoms with Gasteiger partial charge >= 0.3 is 5.97 Å². The number of hydrogen-bond acceptors (Lipinski definition) is 3. The molecule has 0 saturated heterocycles. The van der Waals surface area contributed by atoms with Gasteiger partial charge in [-0.2, -0.15) is 0 Å². The Kier molecular flexibility index (Phi) is 19.0. The summed E-state index contributed by atoms with van der Waals surface area (Å²) in [5.41, 5.74) is 0. The molecule has 0 aromatic carbocycles. The van der Waals surface area contributed by atoms with Crippen molar-refractivity contribution in [1.29, 1.82) is 0 Å². The summed E-state index contributed by atoms with van der Waals surface area (Å²) < 4.78 is 0. The van der Waals surface area contributed by atoms with Crippen LogP contribution in [0, 0.1) is 0 Å². The van der Waals surface area contributed by atoms with Gasteiger partial charge in [-0.05, 0) is 57.9 Å². The Morgan fingerprint density at radius 3 is 1.96 bits per heavy atom. The van der Waals surface area contributed by atoms with E-state index in [0.717, 1.165) is 25.7 Å². The number of allylic oxidation sites excluding steroid dienone is 2. The SMILES string of the molecule is C[C@@H](O)C/C=C\CCCCCCCCCC/C=C\C(=O)NCCCCC(=O)O. The van der Waals surface area contributed by atoms with E-state index >= 15 is 0 Å². The van der Waals surface area contributed by atoms with Crippen LogP contribution in [0.1, 0.15) is 96.8 Å². The van der Waals surface area contributed by atoms with Gasteiger partial charge in [-0.15, -0.1) is 0 Å². The smallest absolute Gasteiger partial charge is 0.303 e. The zero-order chi connectivity index (χ0) is 20.9. The van der Waals surface area contributed by atoms with Crippen LogP contribution >= 0.6 is 0 Å². The Morgan fingerprint density at radius 1 is 0.821 bits per heavy atom. The van der Waals surface area contributed by atoms with Crippen molar-refractivity contribution >= 4 is 11.9 Å². The molecular weight excluding hydrogens is 354 g/mol. The average molecular weight is 396 g/mol. The van der Waals surface area contributed by atoms with Crippen LogP contribution in [0.2, 0.25) is 0 Å². The lowest BCUT2D eigenvalue weighted by atomic mass is 10.1. The molecule has 0 unspecified atom stereocenters. The third-order valence-electron chi connectivity index (χ3n) is 4.52. The van der Waals surface area contributed by atoms with Gasteiger partial charge < -0.3 is 15.5 Å². The van der Waals surface area contributed by atoms with E-state index in [-0.39, 0.29) is 18.4 Å². The number of aliphatic carboxylic acids is 1. The molecule has 0 aliphatic heterocycles. The summed E-state index contributed by atoms with van der Waals surface area (Å²) in [6.07, 6.45) is 21.8. The van der Waals surface area contributed by atoms with Crippen molar-refractivity contribution in [3.63, 3.8) is 0 Å². The zero-order valence-corrected chi connectivity index (χ0v) is 17.7. The predicted molar refractivity (Wildman–Crippen MR) is 115 cm³/mol. The molecule has 0 aliphatic rings. The van der Waals surface area contributed by atoms with Gasteiger partial charge in [0.25, 0.3) is 0 Å². The van der Waals surface area contributed by atoms with Crippen molar-refractivity contribution in [2.45, 2.75) is 103 Å². The Balaban J connectivity index is 3.29. The van der Waals surface area contributed by atoms with Gasteiger partial charge in [0.2, 0.25) is 5.91 Å². The van der Waals surface area contributed by atoms with Crippen molar-refractivity contribution in [1.82, 2.24) is 5.32 Å². The average Bonchev–Trinajstić information content (AvgIpc) is 2.64. The van der Waals surface area contributed by atoms with E-state index in [1.54, 1.807) is 6.08 Å². The maximum atomic E-state index is 11.6. The van der Waals surface area contributed by atoms with E-state index in [1.807, 2.05) is 13.0 Å². The minimum Gasteiger partial charge on any atom is -0.481 e. The molecule has 5 nitrogen and oxygen atoms in total. The lowest BCUT2D eigenvalue weighted by Crippen LogP contribution is -2.22. The minimum absolute atomic E-state index is 0.0870. The Labute approximate surface area is 171 Å². The number of hydrogen-bond donors (Lipinski definition) is 3. The number of amides is 1. The van der Waals surface area contributed by atoms with Crippen LogP contribution in [0.25, 0.3) is 0 Å². The molecule has 0 spiro atoms. The van der Waals surface area contributed by atoms with Crippen LogP contribution in [-0.2, 0) is 9.59 Å². The van der Waals surface area contributed by atoms with Gasteiger partial charge in [0.05, 0.1) is 6.10 Å². The van der Waals surface area contributed by atoms with Gasteiger partial charge in [0.15, 0.2) is 0 Å². The van der Waals surface area contributed by atoms with Crippen molar-refractivity contribution in [3.05, 3.63) is 24.3 Å². The number of carboxylic acids is 1. The van der Waals surface area contributed by atoms with Gasteiger partial charge in [-0.3, -0.25) is 9.59 Å². The highest BCUT2D eigenvalue weighted by Gasteiger charge is 1.98. The van der Waals surface area contributed by atoms with Gasteiger partial charge in [0, 0.05) is 13.0 Å². The summed E-state index contributed by atoms with van der Waals surface area (Å²) >= 11 is 0. The number of carboxylic acid groups (broad SMARTS) is 1. The summed E-state index contributed by atoms with van der Waals surface area (Å²) in [6, 6.07) is 0. The molecule has 0 heterocycles. The number of aliphatic hydroxyl groups excluding tert-OH is 1. The number of carbonyl (C=O) groups is 2. The fraction of sp³-hybridized carbons (Fsp3) is 0.739. The first-order chi connectivity index (χ1) is 13.5. The molecular formula is C23H41NO4.